The van der Waals surface area contributed by atoms with Crippen LogP contribution < -0.4 is 0 Å². The van der Waals surface area contributed by atoms with Crippen LogP contribution in [0.25, 0.3) is 6.08 Å². The summed E-state index contributed by atoms with van der Waals surface area (Å²) in [6.07, 6.45) is 4.05. The molecule has 1 aliphatic rings. The molecule has 2 rings (SSSR count). The van der Waals surface area contributed by atoms with Crippen molar-refractivity contribution in [1.82, 2.24) is 4.90 Å². The second-order valence-corrected chi connectivity index (χ2v) is 5.30. The predicted octanol–water partition coefficient (Wildman–Crippen LogP) is 2.68. The standard InChI is InChI=1S/C15H16ClNO3/c16-13-4-2-1-3-12(13)5-6-14(18)17-8-7-11(10-17)9-15(19)20/h1-6,11H,7-10H2,(H,19,20). The van der Waals surface area contributed by atoms with Gasteiger partial charge in [-0.25, -0.2) is 0 Å². The van der Waals surface area contributed by atoms with Crippen molar-refractivity contribution in [2.24, 2.45) is 5.92 Å². The Hall–Kier alpha value is -1.81. The lowest BCUT2D eigenvalue weighted by Gasteiger charge is -2.13. The van der Waals surface area contributed by atoms with Crippen molar-refractivity contribution in [3.8, 4) is 0 Å². The van der Waals surface area contributed by atoms with E-state index in [0.29, 0.717) is 18.1 Å². The van der Waals surface area contributed by atoms with Crippen LogP contribution in [0.5, 0.6) is 0 Å². The van der Waals surface area contributed by atoms with Crippen LogP contribution in [0.2, 0.25) is 5.02 Å². The molecule has 20 heavy (non-hydrogen) atoms. The molecular weight excluding hydrogens is 278 g/mol. The number of benzene rings is 1. The Labute approximate surface area is 122 Å². The number of carboxylic acids is 1. The minimum Gasteiger partial charge on any atom is -0.481 e. The Bertz CT molecular complexity index is 542. The summed E-state index contributed by atoms with van der Waals surface area (Å²) in [5.74, 6) is -0.848. The average molecular weight is 294 g/mol. The maximum absolute atomic E-state index is 12.0. The van der Waals surface area contributed by atoms with Crippen LogP contribution in [0.1, 0.15) is 18.4 Å². The highest BCUT2D eigenvalue weighted by Crippen LogP contribution is 2.21. The number of likely N-dealkylation sites (tertiary alicyclic amines) is 1. The summed E-state index contributed by atoms with van der Waals surface area (Å²) < 4.78 is 0. The minimum atomic E-state index is -0.809. The zero-order chi connectivity index (χ0) is 14.5. The van der Waals surface area contributed by atoms with Gasteiger partial charge in [-0.1, -0.05) is 29.8 Å². The van der Waals surface area contributed by atoms with Gasteiger partial charge in [-0.05, 0) is 30.0 Å². The topological polar surface area (TPSA) is 57.6 Å². The fourth-order valence-corrected chi connectivity index (χ4v) is 2.52. The number of carbonyl (C=O) groups is 2. The molecular formula is C15H16ClNO3. The van der Waals surface area contributed by atoms with Crippen LogP contribution in [0.4, 0.5) is 0 Å². The van der Waals surface area contributed by atoms with Gasteiger partial charge in [-0.2, -0.15) is 0 Å². The van der Waals surface area contributed by atoms with Gasteiger partial charge < -0.3 is 10.0 Å². The smallest absolute Gasteiger partial charge is 0.303 e. The maximum Gasteiger partial charge on any atom is 0.303 e. The van der Waals surface area contributed by atoms with Crippen LogP contribution in [0.3, 0.4) is 0 Å². The number of halogens is 1. The van der Waals surface area contributed by atoms with Crippen molar-refractivity contribution < 1.29 is 14.7 Å². The van der Waals surface area contributed by atoms with E-state index < -0.39 is 5.97 Å². The van der Waals surface area contributed by atoms with E-state index in [1.165, 1.54) is 6.08 Å². The third-order valence-corrected chi connectivity index (χ3v) is 3.72. The van der Waals surface area contributed by atoms with E-state index in [4.69, 9.17) is 16.7 Å². The van der Waals surface area contributed by atoms with Gasteiger partial charge in [-0.3, -0.25) is 9.59 Å². The van der Waals surface area contributed by atoms with E-state index in [-0.39, 0.29) is 18.2 Å². The Morgan fingerprint density at radius 3 is 2.85 bits per heavy atom. The van der Waals surface area contributed by atoms with E-state index in [1.807, 2.05) is 18.2 Å². The lowest BCUT2D eigenvalue weighted by molar-refractivity contribution is -0.138. The zero-order valence-corrected chi connectivity index (χ0v) is 11.7. The van der Waals surface area contributed by atoms with Crippen LogP contribution in [-0.2, 0) is 9.59 Å². The highest BCUT2D eigenvalue weighted by atomic mass is 35.5. The van der Waals surface area contributed by atoms with Gasteiger partial charge >= 0.3 is 5.97 Å². The number of nitrogens with zero attached hydrogens (tertiary/aromatic N) is 1. The van der Waals surface area contributed by atoms with Gasteiger partial charge in [0, 0.05) is 30.6 Å². The Balaban J connectivity index is 1.93. The molecule has 1 heterocycles. The fraction of sp³-hybridized carbons (Fsp3) is 0.333. The molecule has 1 amide bonds. The molecule has 1 aliphatic heterocycles. The first-order valence-corrected chi connectivity index (χ1v) is 6.87. The molecule has 0 saturated carbocycles. The quantitative estimate of drug-likeness (QED) is 0.868. The summed E-state index contributed by atoms with van der Waals surface area (Å²) in [5, 5.41) is 9.35. The molecule has 1 unspecified atom stereocenters. The molecule has 1 atom stereocenters. The molecule has 0 bridgehead atoms. The average Bonchev–Trinajstić information content (AvgIpc) is 2.85. The van der Waals surface area contributed by atoms with Crippen molar-refractivity contribution in [3.63, 3.8) is 0 Å². The molecule has 0 aromatic heterocycles. The number of hydrogen-bond donors (Lipinski definition) is 1. The van der Waals surface area contributed by atoms with Gasteiger partial charge in [0.25, 0.3) is 0 Å². The molecule has 0 aliphatic carbocycles. The van der Waals surface area contributed by atoms with E-state index >= 15 is 0 Å². The van der Waals surface area contributed by atoms with E-state index in [9.17, 15) is 9.59 Å². The lowest BCUT2D eigenvalue weighted by atomic mass is 10.1. The van der Waals surface area contributed by atoms with E-state index in [0.717, 1.165) is 12.0 Å². The predicted molar refractivity (Wildman–Crippen MR) is 77.4 cm³/mol. The van der Waals surface area contributed by atoms with E-state index in [1.54, 1.807) is 17.0 Å². The van der Waals surface area contributed by atoms with Crippen molar-refractivity contribution in [1.29, 1.82) is 0 Å². The van der Waals surface area contributed by atoms with Crippen molar-refractivity contribution >= 4 is 29.6 Å². The molecule has 106 valence electrons. The maximum atomic E-state index is 12.0. The second kappa shape index (κ2) is 6.57. The molecule has 1 fully saturated rings. The monoisotopic (exact) mass is 293 g/mol. The summed E-state index contributed by atoms with van der Waals surface area (Å²) in [6.45, 7) is 1.13. The van der Waals surface area contributed by atoms with Gasteiger partial charge in [-0.15, -0.1) is 0 Å². The second-order valence-electron chi connectivity index (χ2n) is 4.89. The van der Waals surface area contributed by atoms with Crippen LogP contribution in [0, 0.1) is 5.92 Å². The number of carboxylic acid groups (broad SMARTS) is 1. The molecule has 1 N–H and O–H groups in total. The minimum absolute atomic E-state index is 0.0603. The van der Waals surface area contributed by atoms with Crippen molar-refractivity contribution in [3.05, 3.63) is 40.9 Å². The van der Waals surface area contributed by atoms with Crippen molar-refractivity contribution in [2.75, 3.05) is 13.1 Å². The van der Waals surface area contributed by atoms with Gasteiger partial charge in [0.2, 0.25) is 5.91 Å². The molecule has 1 aromatic carbocycles. The zero-order valence-electron chi connectivity index (χ0n) is 11.0. The summed E-state index contributed by atoms with van der Waals surface area (Å²) in [7, 11) is 0. The van der Waals surface area contributed by atoms with Gasteiger partial charge in [0.05, 0.1) is 0 Å². The largest absolute Gasteiger partial charge is 0.481 e. The molecule has 0 spiro atoms. The van der Waals surface area contributed by atoms with Crippen LogP contribution in [0.15, 0.2) is 30.3 Å². The first-order valence-electron chi connectivity index (χ1n) is 6.49. The van der Waals surface area contributed by atoms with Crippen molar-refractivity contribution in [2.45, 2.75) is 12.8 Å². The number of carbonyl (C=O) groups excluding carboxylic acids is 1. The highest BCUT2D eigenvalue weighted by molar-refractivity contribution is 6.32. The number of amides is 1. The van der Waals surface area contributed by atoms with E-state index in [2.05, 4.69) is 0 Å². The number of hydrogen-bond acceptors (Lipinski definition) is 2. The molecule has 4 nitrogen and oxygen atoms in total. The summed E-state index contributed by atoms with van der Waals surface area (Å²) >= 11 is 6.01. The molecule has 1 saturated heterocycles. The fourth-order valence-electron chi connectivity index (χ4n) is 2.32. The lowest BCUT2D eigenvalue weighted by Crippen LogP contribution is -2.27. The molecule has 1 aromatic rings. The third-order valence-electron chi connectivity index (χ3n) is 3.37. The summed E-state index contributed by atoms with van der Waals surface area (Å²) in [6, 6.07) is 7.29. The normalized spacial score (nSPS) is 18.6. The highest BCUT2D eigenvalue weighted by Gasteiger charge is 2.26. The van der Waals surface area contributed by atoms with Gasteiger partial charge in [0.15, 0.2) is 0 Å². The van der Waals surface area contributed by atoms with Crippen LogP contribution in [-0.4, -0.2) is 35.0 Å². The summed E-state index contributed by atoms with van der Waals surface area (Å²) in [4.78, 5) is 24.3. The molecule has 0 radical (unpaired) electrons. The number of rotatable bonds is 4. The number of aliphatic carboxylic acids is 1. The first-order chi connectivity index (χ1) is 9.56. The summed E-state index contributed by atoms with van der Waals surface area (Å²) in [5.41, 5.74) is 0.795. The van der Waals surface area contributed by atoms with Crippen LogP contribution >= 0.6 is 11.6 Å². The SMILES string of the molecule is O=C(O)CC1CCN(C(=O)C=Cc2ccccc2Cl)C1. The molecule has 5 heteroatoms. The first kappa shape index (κ1) is 14.6. The Morgan fingerprint density at radius 2 is 2.15 bits per heavy atom. The Kier molecular flexibility index (Phi) is 4.79. The van der Waals surface area contributed by atoms with Gasteiger partial charge in [0.1, 0.15) is 0 Å². The third kappa shape index (κ3) is 3.84. The Morgan fingerprint density at radius 1 is 1.40 bits per heavy atom.